The molecule has 0 radical (unpaired) electrons. The summed E-state index contributed by atoms with van der Waals surface area (Å²) in [7, 11) is 0. The predicted molar refractivity (Wildman–Crippen MR) is 100 cm³/mol. The molecule has 2 aromatic rings. The van der Waals surface area contributed by atoms with Crippen LogP contribution < -0.4 is 9.47 Å². The minimum atomic E-state index is 0.194. The van der Waals surface area contributed by atoms with Gasteiger partial charge in [0.05, 0.1) is 6.42 Å². The molecule has 4 nitrogen and oxygen atoms in total. The highest BCUT2D eigenvalue weighted by atomic mass is 16.7. The van der Waals surface area contributed by atoms with E-state index in [2.05, 4.69) is 17.0 Å². The van der Waals surface area contributed by atoms with Gasteiger partial charge in [-0.15, -0.1) is 0 Å². The lowest BCUT2D eigenvalue weighted by Gasteiger charge is -2.34. The van der Waals surface area contributed by atoms with Crippen molar-refractivity contribution in [2.24, 2.45) is 0 Å². The number of rotatable bonds is 5. The van der Waals surface area contributed by atoms with Gasteiger partial charge in [-0.2, -0.15) is 0 Å². The molecule has 4 rings (SSSR count). The molecular weight excluding hydrogens is 326 g/mol. The fourth-order valence-corrected chi connectivity index (χ4v) is 3.92. The minimum Gasteiger partial charge on any atom is -0.454 e. The van der Waals surface area contributed by atoms with E-state index in [0.717, 1.165) is 29.9 Å². The number of carbonyl (C=O) groups excluding carboxylic acids is 1. The molecule has 1 amide bonds. The zero-order chi connectivity index (χ0) is 17.8. The van der Waals surface area contributed by atoms with E-state index in [0.29, 0.717) is 19.0 Å². The zero-order valence-electron chi connectivity index (χ0n) is 15.0. The van der Waals surface area contributed by atoms with E-state index in [1.54, 1.807) is 0 Å². The van der Waals surface area contributed by atoms with Gasteiger partial charge >= 0.3 is 0 Å². The molecule has 26 heavy (non-hydrogen) atoms. The van der Waals surface area contributed by atoms with Crippen molar-refractivity contribution in [3.05, 3.63) is 59.7 Å². The van der Waals surface area contributed by atoms with Crippen LogP contribution in [0.1, 0.15) is 43.2 Å². The summed E-state index contributed by atoms with van der Waals surface area (Å²) in [5.74, 6) is 1.69. The third kappa shape index (κ3) is 3.85. The zero-order valence-corrected chi connectivity index (χ0v) is 15.0. The van der Waals surface area contributed by atoms with Gasteiger partial charge in [-0.3, -0.25) is 4.79 Å². The molecule has 1 fully saturated rings. The Labute approximate surface area is 154 Å². The van der Waals surface area contributed by atoms with Gasteiger partial charge in [0.15, 0.2) is 11.5 Å². The first-order valence-electron chi connectivity index (χ1n) is 9.51. The highest BCUT2D eigenvalue weighted by molar-refractivity contribution is 5.79. The SMILES string of the molecule is O=C(Cc1ccc2c(c1)OCO2)N(Cc1ccccc1)C1CCCCC1. The Morgan fingerprint density at radius 2 is 1.69 bits per heavy atom. The lowest BCUT2D eigenvalue weighted by atomic mass is 9.93. The Morgan fingerprint density at radius 1 is 0.923 bits per heavy atom. The van der Waals surface area contributed by atoms with E-state index in [4.69, 9.17) is 9.47 Å². The van der Waals surface area contributed by atoms with Gasteiger partial charge in [-0.05, 0) is 36.1 Å². The topological polar surface area (TPSA) is 38.8 Å². The summed E-state index contributed by atoms with van der Waals surface area (Å²) in [5, 5.41) is 0. The summed E-state index contributed by atoms with van der Waals surface area (Å²) in [4.78, 5) is 15.3. The van der Waals surface area contributed by atoms with E-state index in [1.165, 1.54) is 24.8 Å². The number of hydrogen-bond donors (Lipinski definition) is 0. The van der Waals surface area contributed by atoms with Gasteiger partial charge in [0.1, 0.15) is 0 Å². The van der Waals surface area contributed by atoms with Crippen LogP contribution in [-0.4, -0.2) is 23.6 Å². The van der Waals surface area contributed by atoms with Crippen LogP contribution >= 0.6 is 0 Å². The van der Waals surface area contributed by atoms with Crippen LogP contribution in [-0.2, 0) is 17.8 Å². The van der Waals surface area contributed by atoms with Gasteiger partial charge in [-0.1, -0.05) is 55.7 Å². The van der Waals surface area contributed by atoms with Crippen molar-refractivity contribution in [3.63, 3.8) is 0 Å². The Bertz CT molecular complexity index is 753. The number of fused-ring (bicyclic) bond motifs is 1. The standard InChI is InChI=1S/C22H25NO3/c24-22(14-18-11-12-20-21(13-18)26-16-25-20)23(19-9-5-2-6-10-19)15-17-7-3-1-4-8-17/h1,3-4,7-8,11-13,19H,2,5-6,9-10,14-16H2. The third-order valence-corrected chi connectivity index (χ3v) is 5.32. The Balaban J connectivity index is 1.51. The molecule has 1 aliphatic carbocycles. The first-order valence-corrected chi connectivity index (χ1v) is 9.51. The second-order valence-electron chi connectivity index (χ2n) is 7.16. The van der Waals surface area contributed by atoms with Crippen LogP contribution in [0.5, 0.6) is 11.5 Å². The summed E-state index contributed by atoms with van der Waals surface area (Å²) in [5.41, 5.74) is 2.17. The van der Waals surface area contributed by atoms with Crippen molar-refractivity contribution >= 4 is 5.91 Å². The smallest absolute Gasteiger partial charge is 0.231 e. The summed E-state index contributed by atoms with van der Waals surface area (Å²) in [6.07, 6.45) is 6.34. The van der Waals surface area contributed by atoms with Crippen LogP contribution in [0.15, 0.2) is 48.5 Å². The van der Waals surface area contributed by atoms with Gasteiger partial charge in [0.25, 0.3) is 0 Å². The summed E-state index contributed by atoms with van der Waals surface area (Å²) < 4.78 is 10.8. The molecule has 0 aromatic heterocycles. The van der Waals surface area contributed by atoms with E-state index >= 15 is 0 Å². The first kappa shape index (κ1) is 17.0. The maximum absolute atomic E-state index is 13.2. The fourth-order valence-electron chi connectivity index (χ4n) is 3.92. The van der Waals surface area contributed by atoms with Crippen LogP contribution in [0.25, 0.3) is 0 Å². The van der Waals surface area contributed by atoms with E-state index in [9.17, 15) is 4.79 Å². The van der Waals surface area contributed by atoms with Gasteiger partial charge < -0.3 is 14.4 Å². The highest BCUT2D eigenvalue weighted by Crippen LogP contribution is 2.33. The average Bonchev–Trinajstić information content (AvgIpc) is 3.15. The normalized spacial score (nSPS) is 16.5. The molecule has 0 unspecified atom stereocenters. The Morgan fingerprint density at radius 3 is 2.50 bits per heavy atom. The van der Waals surface area contributed by atoms with Crippen molar-refractivity contribution in [1.29, 1.82) is 0 Å². The van der Waals surface area contributed by atoms with E-state index in [1.807, 2.05) is 36.4 Å². The maximum Gasteiger partial charge on any atom is 0.231 e. The van der Waals surface area contributed by atoms with Gasteiger partial charge in [0.2, 0.25) is 12.7 Å². The van der Waals surface area contributed by atoms with Crippen molar-refractivity contribution < 1.29 is 14.3 Å². The molecule has 0 bridgehead atoms. The number of benzene rings is 2. The van der Waals surface area contributed by atoms with Gasteiger partial charge in [0, 0.05) is 12.6 Å². The number of ether oxygens (including phenoxy) is 2. The largest absolute Gasteiger partial charge is 0.454 e. The predicted octanol–water partition coefficient (Wildman–Crippen LogP) is 4.32. The minimum absolute atomic E-state index is 0.194. The molecule has 0 saturated heterocycles. The Hall–Kier alpha value is -2.49. The number of amides is 1. The van der Waals surface area contributed by atoms with Crippen molar-refractivity contribution in [3.8, 4) is 11.5 Å². The number of nitrogens with zero attached hydrogens (tertiary/aromatic N) is 1. The molecule has 1 aliphatic heterocycles. The summed E-state index contributed by atoms with van der Waals surface area (Å²) in [6.45, 7) is 0.948. The summed E-state index contributed by atoms with van der Waals surface area (Å²) in [6, 6.07) is 16.4. The lowest BCUT2D eigenvalue weighted by Crippen LogP contribution is -2.41. The van der Waals surface area contributed by atoms with E-state index in [-0.39, 0.29) is 12.7 Å². The summed E-state index contributed by atoms with van der Waals surface area (Å²) >= 11 is 0. The monoisotopic (exact) mass is 351 g/mol. The molecular formula is C22H25NO3. The Kier molecular flexibility index (Phi) is 5.09. The number of hydrogen-bond acceptors (Lipinski definition) is 3. The molecule has 0 atom stereocenters. The fraction of sp³-hybridized carbons (Fsp3) is 0.409. The highest BCUT2D eigenvalue weighted by Gasteiger charge is 2.26. The van der Waals surface area contributed by atoms with E-state index < -0.39 is 0 Å². The molecule has 1 heterocycles. The van der Waals surface area contributed by atoms with Crippen molar-refractivity contribution in [1.82, 2.24) is 4.90 Å². The average molecular weight is 351 g/mol. The molecule has 1 saturated carbocycles. The van der Waals surface area contributed by atoms with Crippen LogP contribution in [0, 0.1) is 0 Å². The lowest BCUT2D eigenvalue weighted by molar-refractivity contribution is -0.134. The van der Waals surface area contributed by atoms with Crippen molar-refractivity contribution in [2.75, 3.05) is 6.79 Å². The van der Waals surface area contributed by atoms with Crippen LogP contribution in [0.2, 0.25) is 0 Å². The quantitative estimate of drug-likeness (QED) is 0.805. The van der Waals surface area contributed by atoms with Crippen LogP contribution in [0.3, 0.4) is 0 Å². The molecule has 2 aliphatic rings. The third-order valence-electron chi connectivity index (χ3n) is 5.32. The van der Waals surface area contributed by atoms with Crippen LogP contribution in [0.4, 0.5) is 0 Å². The van der Waals surface area contributed by atoms with Gasteiger partial charge in [-0.25, -0.2) is 0 Å². The second kappa shape index (κ2) is 7.81. The second-order valence-corrected chi connectivity index (χ2v) is 7.16. The first-order chi connectivity index (χ1) is 12.8. The molecule has 0 N–H and O–H groups in total. The molecule has 4 heteroatoms. The molecule has 136 valence electrons. The maximum atomic E-state index is 13.2. The number of carbonyl (C=O) groups is 1. The molecule has 2 aromatic carbocycles. The molecule has 0 spiro atoms. The van der Waals surface area contributed by atoms with Crippen molar-refractivity contribution in [2.45, 2.75) is 51.1 Å².